The van der Waals surface area contributed by atoms with Gasteiger partial charge in [-0.25, -0.2) is 0 Å². The van der Waals surface area contributed by atoms with Crippen LogP contribution in [0.25, 0.3) is 0 Å². The minimum atomic E-state index is -0.622. The highest BCUT2D eigenvalue weighted by molar-refractivity contribution is 5.86. The van der Waals surface area contributed by atoms with Crippen LogP contribution in [-0.4, -0.2) is 42.5 Å². The largest absolute Gasteiger partial charge is 0.371 e. The van der Waals surface area contributed by atoms with Gasteiger partial charge in [-0.1, -0.05) is 12.8 Å². The average Bonchev–Trinajstić information content (AvgIpc) is 3.05. The van der Waals surface area contributed by atoms with E-state index >= 15 is 0 Å². The summed E-state index contributed by atoms with van der Waals surface area (Å²) < 4.78 is 5.27. The molecule has 0 bridgehead atoms. The van der Waals surface area contributed by atoms with E-state index in [0.717, 1.165) is 18.5 Å². The van der Waals surface area contributed by atoms with Crippen LogP contribution >= 0.6 is 0 Å². The fourth-order valence-electron chi connectivity index (χ4n) is 3.67. The van der Waals surface area contributed by atoms with Crippen LogP contribution in [0, 0.1) is 5.92 Å². The highest BCUT2D eigenvalue weighted by atomic mass is 16.5. The Morgan fingerprint density at radius 3 is 2.53 bits per heavy atom. The molecule has 110 valence electrons. The smallest absolute Gasteiger partial charge is 0.165 e. The lowest BCUT2D eigenvalue weighted by atomic mass is 9.95. The lowest BCUT2D eigenvalue weighted by molar-refractivity contribution is -0.137. The number of Topliss-reactive ketones (excluding diaryl/α,β-unsaturated/α-hetero) is 1. The lowest BCUT2D eigenvalue weighted by Gasteiger charge is -2.30. The first-order valence-corrected chi connectivity index (χ1v) is 7.87. The molecule has 0 aromatic heterocycles. The summed E-state index contributed by atoms with van der Waals surface area (Å²) in [5.74, 6) is 1.13. The molecule has 1 saturated heterocycles. The van der Waals surface area contributed by atoms with Gasteiger partial charge in [0, 0.05) is 26.1 Å². The minimum Gasteiger partial charge on any atom is -0.371 e. The molecule has 0 amide bonds. The molecule has 2 rings (SSSR count). The molecule has 2 fully saturated rings. The third-order valence-electron chi connectivity index (χ3n) is 5.17. The molecule has 1 heterocycles. The Morgan fingerprint density at radius 1 is 1.21 bits per heavy atom. The van der Waals surface area contributed by atoms with Gasteiger partial charge in [0.1, 0.15) is 5.60 Å². The van der Waals surface area contributed by atoms with Gasteiger partial charge in [-0.15, -0.1) is 0 Å². The lowest BCUT2D eigenvalue weighted by Crippen LogP contribution is -2.40. The SMILES string of the molecule is COC(C)(C)C(=O)CCN1CCCC1C1CCCC1. The highest BCUT2D eigenvalue weighted by Gasteiger charge is 2.34. The maximum Gasteiger partial charge on any atom is 0.165 e. The number of likely N-dealkylation sites (tertiary alicyclic amines) is 1. The predicted octanol–water partition coefficient (Wildman–Crippen LogP) is 3.03. The number of carbonyl (C=O) groups is 1. The van der Waals surface area contributed by atoms with E-state index in [1.54, 1.807) is 7.11 Å². The molecule has 2 aliphatic rings. The van der Waals surface area contributed by atoms with Gasteiger partial charge in [-0.3, -0.25) is 9.69 Å². The van der Waals surface area contributed by atoms with E-state index in [-0.39, 0.29) is 5.78 Å². The molecule has 0 spiro atoms. The summed E-state index contributed by atoms with van der Waals surface area (Å²) in [6, 6.07) is 0.751. The third-order valence-corrected chi connectivity index (χ3v) is 5.17. The van der Waals surface area contributed by atoms with Crippen LogP contribution in [0.4, 0.5) is 0 Å². The van der Waals surface area contributed by atoms with Crippen LogP contribution in [0.1, 0.15) is 58.8 Å². The van der Waals surface area contributed by atoms with Crippen LogP contribution in [-0.2, 0) is 9.53 Å². The summed E-state index contributed by atoms with van der Waals surface area (Å²) in [4.78, 5) is 14.7. The minimum absolute atomic E-state index is 0.229. The molecular weight excluding hydrogens is 238 g/mol. The normalized spacial score (nSPS) is 26.2. The topological polar surface area (TPSA) is 29.5 Å². The van der Waals surface area contributed by atoms with Gasteiger partial charge in [0.15, 0.2) is 5.78 Å². The van der Waals surface area contributed by atoms with Crippen molar-refractivity contribution >= 4 is 5.78 Å². The predicted molar refractivity (Wildman–Crippen MR) is 77.3 cm³/mol. The number of ketones is 1. The number of nitrogens with zero attached hydrogens (tertiary/aromatic N) is 1. The second-order valence-corrected chi connectivity index (χ2v) is 6.68. The summed E-state index contributed by atoms with van der Waals surface area (Å²) in [5, 5.41) is 0. The van der Waals surface area contributed by atoms with E-state index < -0.39 is 5.60 Å². The van der Waals surface area contributed by atoms with E-state index in [1.165, 1.54) is 45.1 Å². The first-order chi connectivity index (χ1) is 9.04. The van der Waals surface area contributed by atoms with Crippen molar-refractivity contribution in [2.24, 2.45) is 5.92 Å². The van der Waals surface area contributed by atoms with E-state index in [2.05, 4.69) is 4.90 Å². The number of methoxy groups -OCH3 is 1. The van der Waals surface area contributed by atoms with Crippen LogP contribution in [0.3, 0.4) is 0 Å². The number of carbonyl (C=O) groups excluding carboxylic acids is 1. The molecule has 0 N–H and O–H groups in total. The zero-order chi connectivity index (χ0) is 13.9. The maximum absolute atomic E-state index is 12.1. The average molecular weight is 267 g/mol. The summed E-state index contributed by atoms with van der Waals surface area (Å²) in [5.41, 5.74) is -0.622. The van der Waals surface area contributed by atoms with Gasteiger partial charge in [-0.2, -0.15) is 0 Å². The van der Waals surface area contributed by atoms with Crippen LogP contribution < -0.4 is 0 Å². The van der Waals surface area contributed by atoms with Crippen molar-refractivity contribution < 1.29 is 9.53 Å². The Hall–Kier alpha value is -0.410. The maximum atomic E-state index is 12.1. The van der Waals surface area contributed by atoms with Gasteiger partial charge in [0.2, 0.25) is 0 Å². The van der Waals surface area contributed by atoms with Crippen molar-refractivity contribution in [1.82, 2.24) is 4.90 Å². The molecule has 0 radical (unpaired) electrons. The van der Waals surface area contributed by atoms with Crippen molar-refractivity contribution in [3.8, 4) is 0 Å². The Labute approximate surface area is 117 Å². The second kappa shape index (κ2) is 6.36. The van der Waals surface area contributed by atoms with E-state index in [1.807, 2.05) is 13.8 Å². The second-order valence-electron chi connectivity index (χ2n) is 6.68. The van der Waals surface area contributed by atoms with E-state index in [4.69, 9.17) is 4.74 Å². The van der Waals surface area contributed by atoms with Gasteiger partial charge in [-0.05, 0) is 52.0 Å². The molecule has 1 aliphatic carbocycles. The molecule has 3 nitrogen and oxygen atoms in total. The van der Waals surface area contributed by atoms with Crippen molar-refractivity contribution in [3.63, 3.8) is 0 Å². The van der Waals surface area contributed by atoms with E-state index in [9.17, 15) is 4.79 Å². The molecule has 19 heavy (non-hydrogen) atoms. The van der Waals surface area contributed by atoms with Gasteiger partial charge < -0.3 is 4.74 Å². The molecular formula is C16H29NO2. The highest BCUT2D eigenvalue weighted by Crippen LogP contribution is 2.35. The Bertz CT molecular complexity index is 308. The fourth-order valence-corrected chi connectivity index (χ4v) is 3.67. The zero-order valence-electron chi connectivity index (χ0n) is 12.8. The van der Waals surface area contributed by atoms with Gasteiger partial charge >= 0.3 is 0 Å². The van der Waals surface area contributed by atoms with E-state index in [0.29, 0.717) is 6.42 Å². The number of hydrogen-bond donors (Lipinski definition) is 0. The molecule has 1 unspecified atom stereocenters. The monoisotopic (exact) mass is 267 g/mol. The molecule has 0 aromatic rings. The summed E-state index contributed by atoms with van der Waals surface area (Å²) in [6.07, 6.45) is 8.90. The first-order valence-electron chi connectivity index (χ1n) is 7.87. The Kier molecular flexibility index (Phi) is 5.02. The van der Waals surface area contributed by atoms with Crippen molar-refractivity contribution in [2.75, 3.05) is 20.2 Å². The molecule has 1 saturated carbocycles. The van der Waals surface area contributed by atoms with Crippen LogP contribution in [0.5, 0.6) is 0 Å². The standard InChI is InChI=1S/C16H29NO2/c1-16(2,19-3)15(18)10-12-17-11-6-9-14(17)13-7-4-5-8-13/h13-14H,4-12H2,1-3H3. The third kappa shape index (κ3) is 3.57. The molecule has 3 heteroatoms. The Morgan fingerprint density at radius 2 is 1.89 bits per heavy atom. The quantitative estimate of drug-likeness (QED) is 0.741. The van der Waals surface area contributed by atoms with Crippen molar-refractivity contribution in [1.29, 1.82) is 0 Å². The van der Waals surface area contributed by atoms with Gasteiger partial charge in [0.05, 0.1) is 0 Å². The molecule has 1 atom stereocenters. The number of rotatable bonds is 6. The molecule has 1 aliphatic heterocycles. The summed E-state index contributed by atoms with van der Waals surface area (Å²) in [7, 11) is 1.62. The fraction of sp³-hybridized carbons (Fsp3) is 0.938. The summed E-state index contributed by atoms with van der Waals surface area (Å²) >= 11 is 0. The molecule has 0 aromatic carbocycles. The summed E-state index contributed by atoms with van der Waals surface area (Å²) in [6.45, 7) is 5.84. The van der Waals surface area contributed by atoms with Gasteiger partial charge in [0.25, 0.3) is 0 Å². The zero-order valence-corrected chi connectivity index (χ0v) is 12.8. The van der Waals surface area contributed by atoms with Crippen molar-refractivity contribution in [2.45, 2.75) is 70.4 Å². The van der Waals surface area contributed by atoms with Crippen molar-refractivity contribution in [3.05, 3.63) is 0 Å². The van der Waals surface area contributed by atoms with Crippen LogP contribution in [0.2, 0.25) is 0 Å². The van der Waals surface area contributed by atoms with Crippen LogP contribution in [0.15, 0.2) is 0 Å². The Balaban J connectivity index is 1.83. The first kappa shape index (κ1) is 15.0. The number of ether oxygens (including phenoxy) is 1. The number of hydrogen-bond acceptors (Lipinski definition) is 3.